The van der Waals surface area contributed by atoms with Gasteiger partial charge in [-0.1, -0.05) is 30.3 Å². The number of hydrogen-bond acceptors (Lipinski definition) is 2. The van der Waals surface area contributed by atoms with Crippen molar-refractivity contribution in [3.63, 3.8) is 0 Å². The van der Waals surface area contributed by atoms with Gasteiger partial charge in [0.2, 0.25) is 5.91 Å². The SMILES string of the molecule is COc1ccccc1CCNC(=O)C(c1ccc(F)cc1)C1CC1. The van der Waals surface area contributed by atoms with Crippen LogP contribution >= 0.6 is 0 Å². The average Bonchev–Trinajstić information content (AvgIpc) is 3.42. The Labute approximate surface area is 141 Å². The summed E-state index contributed by atoms with van der Waals surface area (Å²) in [5.74, 6) is 0.790. The lowest BCUT2D eigenvalue weighted by Crippen LogP contribution is -2.32. The predicted octanol–water partition coefficient (Wildman–Crippen LogP) is 3.69. The maximum absolute atomic E-state index is 13.1. The van der Waals surface area contributed by atoms with Crippen LogP contribution in [0.25, 0.3) is 0 Å². The molecular weight excluding hydrogens is 305 g/mol. The van der Waals surface area contributed by atoms with Gasteiger partial charge in [0.1, 0.15) is 11.6 Å². The predicted molar refractivity (Wildman–Crippen MR) is 91.6 cm³/mol. The smallest absolute Gasteiger partial charge is 0.227 e. The Morgan fingerprint density at radius 3 is 2.58 bits per heavy atom. The van der Waals surface area contributed by atoms with Crippen molar-refractivity contribution in [3.05, 3.63) is 65.5 Å². The molecule has 1 N–H and O–H groups in total. The number of para-hydroxylation sites is 1. The summed E-state index contributed by atoms with van der Waals surface area (Å²) in [6.45, 7) is 0.559. The summed E-state index contributed by atoms with van der Waals surface area (Å²) in [5, 5.41) is 3.03. The highest BCUT2D eigenvalue weighted by atomic mass is 19.1. The van der Waals surface area contributed by atoms with E-state index < -0.39 is 0 Å². The van der Waals surface area contributed by atoms with Crippen LogP contribution in [0.5, 0.6) is 5.75 Å². The molecule has 4 heteroatoms. The highest BCUT2D eigenvalue weighted by Crippen LogP contribution is 2.42. The molecule has 0 bridgehead atoms. The molecule has 0 aliphatic heterocycles. The van der Waals surface area contributed by atoms with Gasteiger partial charge in [-0.15, -0.1) is 0 Å². The molecule has 1 saturated carbocycles. The van der Waals surface area contributed by atoms with Crippen LogP contribution in [0.15, 0.2) is 48.5 Å². The zero-order valence-corrected chi connectivity index (χ0v) is 13.8. The van der Waals surface area contributed by atoms with Crippen molar-refractivity contribution in [1.82, 2.24) is 5.32 Å². The minimum atomic E-state index is -0.273. The Morgan fingerprint density at radius 1 is 1.21 bits per heavy atom. The van der Waals surface area contributed by atoms with Crippen molar-refractivity contribution in [1.29, 1.82) is 0 Å². The van der Waals surface area contributed by atoms with Crippen LogP contribution in [-0.4, -0.2) is 19.6 Å². The number of carbonyl (C=O) groups is 1. The van der Waals surface area contributed by atoms with Gasteiger partial charge in [0, 0.05) is 6.54 Å². The molecule has 3 rings (SSSR count). The van der Waals surface area contributed by atoms with Crippen molar-refractivity contribution in [2.75, 3.05) is 13.7 Å². The largest absolute Gasteiger partial charge is 0.496 e. The third-order valence-corrected chi connectivity index (χ3v) is 4.49. The second kappa shape index (κ2) is 7.47. The van der Waals surface area contributed by atoms with Gasteiger partial charge in [-0.3, -0.25) is 4.79 Å². The fourth-order valence-electron chi connectivity index (χ4n) is 3.08. The number of methoxy groups -OCH3 is 1. The van der Waals surface area contributed by atoms with E-state index in [0.29, 0.717) is 12.5 Å². The quantitative estimate of drug-likeness (QED) is 0.842. The summed E-state index contributed by atoms with van der Waals surface area (Å²) in [4.78, 5) is 12.6. The van der Waals surface area contributed by atoms with E-state index >= 15 is 0 Å². The summed E-state index contributed by atoms with van der Waals surface area (Å²) >= 11 is 0. The third-order valence-electron chi connectivity index (χ3n) is 4.49. The molecule has 2 aromatic rings. The lowest BCUT2D eigenvalue weighted by atomic mass is 9.93. The average molecular weight is 327 g/mol. The van der Waals surface area contributed by atoms with E-state index in [9.17, 15) is 9.18 Å². The standard InChI is InChI=1S/C20H22FNO2/c1-24-18-5-3-2-4-14(18)12-13-22-20(23)19(15-6-7-15)16-8-10-17(21)11-9-16/h2-5,8-11,15,19H,6-7,12-13H2,1H3,(H,22,23). The third kappa shape index (κ3) is 3.94. The Balaban J connectivity index is 1.61. The molecule has 1 atom stereocenters. The number of amides is 1. The molecular formula is C20H22FNO2. The maximum atomic E-state index is 13.1. The van der Waals surface area contributed by atoms with Crippen LogP contribution in [0.2, 0.25) is 0 Å². The minimum absolute atomic E-state index is 0.0269. The highest BCUT2D eigenvalue weighted by Gasteiger charge is 2.37. The topological polar surface area (TPSA) is 38.3 Å². The molecule has 1 unspecified atom stereocenters. The van der Waals surface area contributed by atoms with Crippen LogP contribution < -0.4 is 10.1 Å². The molecule has 1 fully saturated rings. The summed E-state index contributed by atoms with van der Waals surface area (Å²) < 4.78 is 18.4. The van der Waals surface area contributed by atoms with Crippen molar-refractivity contribution in [2.45, 2.75) is 25.2 Å². The number of carbonyl (C=O) groups excluding carboxylic acids is 1. The molecule has 0 aromatic heterocycles. The molecule has 0 spiro atoms. The Kier molecular flexibility index (Phi) is 5.14. The minimum Gasteiger partial charge on any atom is -0.496 e. The maximum Gasteiger partial charge on any atom is 0.227 e. The molecule has 24 heavy (non-hydrogen) atoms. The molecule has 1 aliphatic rings. The molecule has 0 radical (unpaired) electrons. The molecule has 0 heterocycles. The monoisotopic (exact) mass is 327 g/mol. The fraction of sp³-hybridized carbons (Fsp3) is 0.350. The molecule has 3 nitrogen and oxygen atoms in total. The molecule has 126 valence electrons. The van der Waals surface area contributed by atoms with Crippen LogP contribution in [0.4, 0.5) is 4.39 Å². The zero-order chi connectivity index (χ0) is 16.9. The second-order valence-electron chi connectivity index (χ2n) is 6.22. The summed E-state index contributed by atoms with van der Waals surface area (Å²) in [6, 6.07) is 14.1. The Bertz CT molecular complexity index is 695. The normalized spacial score (nSPS) is 14.9. The lowest BCUT2D eigenvalue weighted by molar-refractivity contribution is -0.123. The van der Waals surface area contributed by atoms with Crippen molar-refractivity contribution in [2.24, 2.45) is 5.92 Å². The first-order valence-corrected chi connectivity index (χ1v) is 8.34. The van der Waals surface area contributed by atoms with E-state index in [1.54, 1.807) is 19.2 Å². The highest BCUT2D eigenvalue weighted by molar-refractivity contribution is 5.84. The van der Waals surface area contributed by atoms with Gasteiger partial charge in [0.05, 0.1) is 13.0 Å². The first-order valence-electron chi connectivity index (χ1n) is 8.34. The van der Waals surface area contributed by atoms with Gasteiger partial charge in [-0.25, -0.2) is 4.39 Å². The first kappa shape index (κ1) is 16.5. The molecule has 0 saturated heterocycles. The van der Waals surface area contributed by atoms with E-state index in [1.807, 2.05) is 24.3 Å². The number of hydrogen-bond donors (Lipinski definition) is 1. The lowest BCUT2D eigenvalue weighted by Gasteiger charge is -2.17. The number of rotatable bonds is 7. The number of benzene rings is 2. The zero-order valence-electron chi connectivity index (χ0n) is 13.8. The van der Waals surface area contributed by atoms with Crippen LogP contribution in [-0.2, 0) is 11.2 Å². The van der Waals surface area contributed by atoms with Gasteiger partial charge >= 0.3 is 0 Å². The first-order chi connectivity index (χ1) is 11.7. The second-order valence-corrected chi connectivity index (χ2v) is 6.22. The summed E-state index contributed by atoms with van der Waals surface area (Å²) in [6.07, 6.45) is 2.83. The number of halogens is 1. The van der Waals surface area contributed by atoms with Gasteiger partial charge < -0.3 is 10.1 Å². The van der Waals surface area contributed by atoms with Gasteiger partial charge in [-0.05, 0) is 54.5 Å². The summed E-state index contributed by atoms with van der Waals surface area (Å²) in [5.41, 5.74) is 1.97. The van der Waals surface area contributed by atoms with Gasteiger partial charge in [-0.2, -0.15) is 0 Å². The molecule has 1 amide bonds. The van der Waals surface area contributed by atoms with Crippen molar-refractivity contribution >= 4 is 5.91 Å². The summed E-state index contributed by atoms with van der Waals surface area (Å²) in [7, 11) is 1.65. The van der Waals surface area contributed by atoms with Crippen LogP contribution in [0, 0.1) is 11.7 Å². The van der Waals surface area contributed by atoms with Gasteiger partial charge in [0.15, 0.2) is 0 Å². The fourth-order valence-corrected chi connectivity index (χ4v) is 3.08. The van der Waals surface area contributed by atoms with E-state index in [4.69, 9.17) is 4.74 Å². The van der Waals surface area contributed by atoms with Crippen LogP contribution in [0.1, 0.15) is 29.9 Å². The molecule has 1 aliphatic carbocycles. The van der Waals surface area contributed by atoms with Crippen molar-refractivity contribution in [3.8, 4) is 5.75 Å². The number of nitrogens with one attached hydrogen (secondary N) is 1. The van der Waals surface area contributed by atoms with Gasteiger partial charge in [0.25, 0.3) is 0 Å². The number of ether oxygens (including phenoxy) is 1. The Morgan fingerprint density at radius 2 is 1.92 bits per heavy atom. The van der Waals surface area contributed by atoms with Crippen LogP contribution in [0.3, 0.4) is 0 Å². The van der Waals surface area contributed by atoms with E-state index in [0.717, 1.165) is 36.1 Å². The Hall–Kier alpha value is -2.36. The van der Waals surface area contributed by atoms with Crippen molar-refractivity contribution < 1.29 is 13.9 Å². The van der Waals surface area contributed by atoms with E-state index in [2.05, 4.69) is 5.32 Å². The van der Waals surface area contributed by atoms with E-state index in [1.165, 1.54) is 12.1 Å². The molecule has 2 aromatic carbocycles. The van der Waals surface area contributed by atoms with E-state index in [-0.39, 0.29) is 17.6 Å².